The number of para-hydroxylation sites is 1. The molecule has 0 N–H and O–H groups in total. The summed E-state index contributed by atoms with van der Waals surface area (Å²) >= 11 is 7.86. The monoisotopic (exact) mass is 486 g/mol. The molecular formula is C23H27ClN6O2S. The smallest absolute Gasteiger partial charge is 0.265 e. The predicted octanol–water partition coefficient (Wildman–Crippen LogP) is 3.39. The fourth-order valence-electron chi connectivity index (χ4n) is 4.51. The second-order valence-electron chi connectivity index (χ2n) is 9.52. The quantitative estimate of drug-likeness (QED) is 0.528. The molecule has 8 nitrogen and oxygen atoms in total. The van der Waals surface area contributed by atoms with Crippen LogP contribution >= 0.6 is 23.4 Å². The zero-order valence-corrected chi connectivity index (χ0v) is 20.6. The Morgan fingerprint density at radius 2 is 1.91 bits per heavy atom. The van der Waals surface area contributed by atoms with Gasteiger partial charge < -0.3 is 9.80 Å². The van der Waals surface area contributed by atoms with Crippen LogP contribution < -0.4 is 10.5 Å². The number of amides is 1. The van der Waals surface area contributed by atoms with Gasteiger partial charge in [0.2, 0.25) is 5.91 Å². The summed E-state index contributed by atoms with van der Waals surface area (Å²) in [4.78, 5) is 35.2. The Kier molecular flexibility index (Phi) is 5.64. The van der Waals surface area contributed by atoms with E-state index in [1.54, 1.807) is 15.4 Å². The van der Waals surface area contributed by atoms with Crippen molar-refractivity contribution in [3.63, 3.8) is 0 Å². The number of carbonyl (C=O) groups is 1. The third kappa shape index (κ3) is 4.01. The fraction of sp³-hybridized carbons (Fsp3) is 0.478. The number of aromatic nitrogens is 4. The van der Waals surface area contributed by atoms with E-state index in [0.717, 1.165) is 23.8 Å². The molecule has 0 aliphatic carbocycles. The Hall–Kier alpha value is -2.52. The highest BCUT2D eigenvalue weighted by molar-refractivity contribution is 7.99. The molecule has 0 saturated carbocycles. The van der Waals surface area contributed by atoms with Crippen molar-refractivity contribution in [2.24, 2.45) is 0 Å². The average molecular weight is 487 g/mol. The van der Waals surface area contributed by atoms with E-state index in [1.165, 1.54) is 11.8 Å². The summed E-state index contributed by atoms with van der Waals surface area (Å²) in [6.45, 7) is 8.85. The van der Waals surface area contributed by atoms with E-state index < -0.39 is 0 Å². The van der Waals surface area contributed by atoms with Crippen molar-refractivity contribution in [3.05, 3.63) is 45.8 Å². The van der Waals surface area contributed by atoms with Crippen LogP contribution in [0, 0.1) is 0 Å². The molecule has 0 spiro atoms. The molecular weight excluding hydrogens is 460 g/mol. The minimum absolute atomic E-state index is 0.0737. The normalized spacial score (nSPS) is 18.7. The van der Waals surface area contributed by atoms with E-state index in [9.17, 15) is 9.59 Å². The van der Waals surface area contributed by atoms with E-state index in [4.69, 9.17) is 16.6 Å². The van der Waals surface area contributed by atoms with Gasteiger partial charge in [-0.25, -0.2) is 9.67 Å². The van der Waals surface area contributed by atoms with Crippen molar-refractivity contribution in [3.8, 4) is 0 Å². The van der Waals surface area contributed by atoms with Gasteiger partial charge in [-0.3, -0.25) is 14.2 Å². The number of fused-ring (bicyclic) bond motifs is 2. The molecule has 1 unspecified atom stereocenters. The summed E-state index contributed by atoms with van der Waals surface area (Å²) in [7, 11) is 0. The molecule has 1 atom stereocenters. The molecule has 33 heavy (non-hydrogen) atoms. The van der Waals surface area contributed by atoms with Crippen LogP contribution in [0.3, 0.4) is 0 Å². The van der Waals surface area contributed by atoms with Gasteiger partial charge in [0.1, 0.15) is 5.39 Å². The number of thioether (sulfide) groups is 1. The van der Waals surface area contributed by atoms with Crippen LogP contribution in [0.4, 0.5) is 5.69 Å². The molecule has 5 rings (SSSR count). The topological polar surface area (TPSA) is 76.3 Å². The molecule has 10 heteroatoms. The third-order valence-corrected chi connectivity index (χ3v) is 7.66. The number of hydrogen-bond donors (Lipinski definition) is 0. The molecule has 4 heterocycles. The molecule has 1 amide bonds. The van der Waals surface area contributed by atoms with E-state index in [0.29, 0.717) is 41.5 Å². The average Bonchev–Trinajstić information content (AvgIpc) is 3.39. The molecule has 1 aromatic carbocycles. The van der Waals surface area contributed by atoms with E-state index in [1.807, 2.05) is 49.9 Å². The minimum atomic E-state index is -0.273. The van der Waals surface area contributed by atoms with Crippen molar-refractivity contribution < 1.29 is 4.79 Å². The Morgan fingerprint density at radius 1 is 1.18 bits per heavy atom. The van der Waals surface area contributed by atoms with Crippen molar-refractivity contribution in [1.29, 1.82) is 0 Å². The first-order valence-electron chi connectivity index (χ1n) is 11.1. The Morgan fingerprint density at radius 3 is 2.61 bits per heavy atom. The van der Waals surface area contributed by atoms with Gasteiger partial charge in [0, 0.05) is 38.4 Å². The van der Waals surface area contributed by atoms with E-state index in [2.05, 4.69) is 10.00 Å². The first-order chi connectivity index (χ1) is 15.7. The Labute approximate surface area is 201 Å². The van der Waals surface area contributed by atoms with Gasteiger partial charge in [0.05, 0.1) is 28.5 Å². The highest BCUT2D eigenvalue weighted by Gasteiger charge is 2.32. The highest BCUT2D eigenvalue weighted by Crippen LogP contribution is 2.34. The number of nitrogens with zero attached hydrogens (tertiary/aromatic N) is 6. The van der Waals surface area contributed by atoms with Crippen LogP contribution in [0.5, 0.6) is 0 Å². The lowest BCUT2D eigenvalue weighted by Gasteiger charge is -2.37. The SMILES string of the molecule is CC(C)(C)n1ncc2c(=O)n3c(nc21)SCC3CC(=O)N1CCN(c2ccccc2Cl)CC1. The molecule has 174 valence electrons. The summed E-state index contributed by atoms with van der Waals surface area (Å²) in [5.74, 6) is 0.744. The molecule has 3 aromatic rings. The van der Waals surface area contributed by atoms with E-state index in [-0.39, 0.29) is 23.0 Å². The number of piperazine rings is 1. The molecule has 2 aliphatic rings. The predicted molar refractivity (Wildman–Crippen MR) is 131 cm³/mol. The van der Waals surface area contributed by atoms with Crippen LogP contribution in [-0.2, 0) is 10.3 Å². The maximum atomic E-state index is 13.3. The van der Waals surface area contributed by atoms with Crippen LogP contribution in [0.25, 0.3) is 11.0 Å². The summed E-state index contributed by atoms with van der Waals surface area (Å²) in [5, 5.41) is 6.30. The van der Waals surface area contributed by atoms with Gasteiger partial charge in [-0.1, -0.05) is 35.5 Å². The van der Waals surface area contributed by atoms with Gasteiger partial charge in [-0.05, 0) is 32.9 Å². The fourth-order valence-corrected chi connectivity index (χ4v) is 5.89. The molecule has 2 aliphatic heterocycles. The summed E-state index contributed by atoms with van der Waals surface area (Å²) in [6, 6.07) is 7.59. The van der Waals surface area contributed by atoms with Crippen molar-refractivity contribution >= 4 is 46.0 Å². The van der Waals surface area contributed by atoms with Crippen LogP contribution in [-0.4, -0.2) is 62.1 Å². The Bertz CT molecular complexity index is 1270. The van der Waals surface area contributed by atoms with Crippen molar-refractivity contribution in [2.45, 2.75) is 43.9 Å². The number of hydrogen-bond acceptors (Lipinski definition) is 6. The first kappa shape index (κ1) is 22.3. The summed E-state index contributed by atoms with van der Waals surface area (Å²) in [5.41, 5.74) is 1.22. The maximum Gasteiger partial charge on any atom is 0.265 e. The zero-order chi connectivity index (χ0) is 23.3. The van der Waals surface area contributed by atoms with Gasteiger partial charge in [0.25, 0.3) is 5.56 Å². The molecule has 1 saturated heterocycles. The molecule has 1 fully saturated rings. The van der Waals surface area contributed by atoms with Crippen LogP contribution in [0.15, 0.2) is 40.4 Å². The largest absolute Gasteiger partial charge is 0.367 e. The number of anilines is 1. The third-order valence-electron chi connectivity index (χ3n) is 6.24. The number of rotatable bonds is 3. The van der Waals surface area contributed by atoms with Crippen LogP contribution in [0.1, 0.15) is 33.2 Å². The number of benzene rings is 1. The van der Waals surface area contributed by atoms with E-state index >= 15 is 0 Å². The van der Waals surface area contributed by atoms with Crippen molar-refractivity contribution in [1.82, 2.24) is 24.2 Å². The van der Waals surface area contributed by atoms with Gasteiger partial charge in [-0.15, -0.1) is 0 Å². The zero-order valence-electron chi connectivity index (χ0n) is 19.0. The molecule has 0 bridgehead atoms. The lowest BCUT2D eigenvalue weighted by Crippen LogP contribution is -2.49. The lowest BCUT2D eigenvalue weighted by atomic mass is 10.1. The lowest BCUT2D eigenvalue weighted by molar-refractivity contribution is -0.132. The van der Waals surface area contributed by atoms with Crippen LogP contribution in [0.2, 0.25) is 5.02 Å². The summed E-state index contributed by atoms with van der Waals surface area (Å²) in [6.07, 6.45) is 1.89. The highest BCUT2D eigenvalue weighted by atomic mass is 35.5. The Balaban J connectivity index is 1.31. The van der Waals surface area contributed by atoms with Gasteiger partial charge >= 0.3 is 0 Å². The minimum Gasteiger partial charge on any atom is -0.367 e. The maximum absolute atomic E-state index is 13.3. The first-order valence-corrected chi connectivity index (χ1v) is 12.5. The summed E-state index contributed by atoms with van der Waals surface area (Å²) < 4.78 is 3.49. The van der Waals surface area contributed by atoms with Crippen molar-refractivity contribution in [2.75, 3.05) is 36.8 Å². The second-order valence-corrected chi connectivity index (χ2v) is 10.9. The van der Waals surface area contributed by atoms with Gasteiger partial charge in [0.15, 0.2) is 10.8 Å². The molecule has 2 aromatic heterocycles. The number of carbonyl (C=O) groups excluding carboxylic acids is 1. The second kappa shape index (κ2) is 8.36. The standard InChI is InChI=1S/C23H27ClN6O2S/c1-23(2,3)30-20-16(13-25-30)21(32)29-15(14-33-22(29)26-20)12-19(31)28-10-8-27(9-11-28)18-7-5-4-6-17(18)24/h4-7,13,15H,8-12,14H2,1-3H3. The number of halogens is 1. The molecule has 0 radical (unpaired) electrons. The van der Waals surface area contributed by atoms with Gasteiger partial charge in [-0.2, -0.15) is 5.10 Å².